The van der Waals surface area contributed by atoms with Gasteiger partial charge in [0.05, 0.1) is 0 Å². The fourth-order valence-electron chi connectivity index (χ4n) is 10.3. The quantitative estimate of drug-likeness (QED) is 0.160. The first-order valence-corrected chi connectivity index (χ1v) is 23.7. The largest absolute Gasteiger partial charge is 1.00 e. The van der Waals surface area contributed by atoms with E-state index in [0.29, 0.717) is 0 Å². The van der Waals surface area contributed by atoms with Crippen molar-refractivity contribution in [3.05, 3.63) is 130 Å². The van der Waals surface area contributed by atoms with E-state index in [1.54, 1.807) is 22.3 Å². The number of halogens is 2. The van der Waals surface area contributed by atoms with Crippen LogP contribution in [0, 0.1) is 0 Å². The van der Waals surface area contributed by atoms with E-state index < -0.39 is 20.3 Å². The van der Waals surface area contributed by atoms with Gasteiger partial charge in [-0.2, -0.15) is 0 Å². The van der Waals surface area contributed by atoms with Gasteiger partial charge in [-0.25, -0.2) is 0 Å². The van der Waals surface area contributed by atoms with Gasteiger partial charge >= 0.3 is 278 Å². The maximum atomic E-state index is 2.73. The van der Waals surface area contributed by atoms with Crippen molar-refractivity contribution in [1.29, 1.82) is 0 Å². The van der Waals surface area contributed by atoms with Crippen LogP contribution in [-0.4, -0.2) is 0 Å². The summed E-state index contributed by atoms with van der Waals surface area (Å²) in [7, 11) is 0. The van der Waals surface area contributed by atoms with Crippen molar-refractivity contribution in [2.24, 2.45) is 0 Å². The molecule has 0 spiro atoms. The molecule has 2 fully saturated rings. The fraction of sp³-hybridized carbons (Fsp3) is 0.364. The molecule has 8 rings (SSSR count). The Morgan fingerprint density at radius 2 is 0.957 bits per heavy atom. The second-order valence-electron chi connectivity index (χ2n) is 14.4. The summed E-state index contributed by atoms with van der Waals surface area (Å²) in [6, 6.07) is 37.2. The van der Waals surface area contributed by atoms with E-state index in [9.17, 15) is 0 Å². The predicted octanol–water partition coefficient (Wildman–Crippen LogP) is 7.30. The van der Waals surface area contributed by atoms with Crippen molar-refractivity contribution in [2.45, 2.75) is 92.6 Å². The summed E-state index contributed by atoms with van der Waals surface area (Å²) in [6.07, 6.45) is 19.1. The normalized spacial score (nSPS) is 23.6. The second kappa shape index (κ2) is 14.7. The maximum Gasteiger partial charge on any atom is -1.00 e. The second-order valence-corrected chi connectivity index (χ2v) is 25.8. The van der Waals surface area contributed by atoms with Gasteiger partial charge in [-0.1, -0.05) is 0 Å². The monoisotopic (exact) mass is 736 g/mol. The van der Waals surface area contributed by atoms with Gasteiger partial charge in [-0.3, -0.25) is 0 Å². The van der Waals surface area contributed by atoms with E-state index in [4.69, 9.17) is 0 Å². The Bertz CT molecular complexity index is 1620. The summed E-state index contributed by atoms with van der Waals surface area (Å²) in [4.78, 5) is 0. The summed E-state index contributed by atoms with van der Waals surface area (Å²) in [5.74, 6) is 0. The fourth-order valence-corrected chi connectivity index (χ4v) is 33.4. The van der Waals surface area contributed by atoms with Gasteiger partial charge in [0.15, 0.2) is 0 Å². The third kappa shape index (κ3) is 5.81. The molecule has 0 N–H and O–H groups in total. The van der Waals surface area contributed by atoms with E-state index in [2.05, 4.69) is 123 Å². The zero-order chi connectivity index (χ0) is 30.4. The van der Waals surface area contributed by atoms with Crippen LogP contribution in [0.2, 0.25) is 7.25 Å². The smallest absolute Gasteiger partial charge is 1.00 e. The summed E-state index contributed by atoms with van der Waals surface area (Å²) in [5.41, 5.74) is 15.9. The van der Waals surface area contributed by atoms with Crippen molar-refractivity contribution in [2.75, 3.05) is 0 Å². The standard InChI is InChI=1S/2C19H19.C6H10.2ClH.Zr/c2*1-2-3-8-15-13-17-11-7-12-18(19(17)14-15)16-9-5-4-6-10-16;1-2-4-6-5-3-1;;;/h2*4-7,9-14H,2-3,8H2,1H3;1-2H,3-6H2;2*1H;/q;;;;;+2/p-2. The molecule has 0 nitrogen and oxygen atoms in total. The van der Waals surface area contributed by atoms with Crippen molar-refractivity contribution in [3.8, 4) is 22.3 Å². The van der Waals surface area contributed by atoms with E-state index in [1.807, 2.05) is 11.1 Å². The summed E-state index contributed by atoms with van der Waals surface area (Å²) in [6.45, 7) is 4.76. The first-order chi connectivity index (χ1) is 22.3. The van der Waals surface area contributed by atoms with Gasteiger partial charge in [0.1, 0.15) is 0 Å². The number of benzene rings is 4. The van der Waals surface area contributed by atoms with E-state index in [1.165, 1.54) is 86.5 Å². The molecule has 47 heavy (non-hydrogen) atoms. The zero-order valence-corrected chi connectivity index (χ0v) is 32.0. The van der Waals surface area contributed by atoms with Crippen molar-refractivity contribution in [1.82, 2.24) is 0 Å². The predicted molar refractivity (Wildman–Crippen MR) is 190 cm³/mol. The topological polar surface area (TPSA) is 0 Å². The van der Waals surface area contributed by atoms with Gasteiger partial charge in [0, 0.05) is 0 Å². The van der Waals surface area contributed by atoms with Crippen LogP contribution >= 0.6 is 0 Å². The molecular weight excluding hydrogens is 691 g/mol. The van der Waals surface area contributed by atoms with Crippen LogP contribution in [0.25, 0.3) is 34.4 Å². The Kier molecular flexibility index (Phi) is 10.9. The van der Waals surface area contributed by atoms with Crippen LogP contribution in [0.1, 0.15) is 108 Å². The molecule has 0 aromatic heterocycles. The van der Waals surface area contributed by atoms with Crippen LogP contribution in [0.4, 0.5) is 0 Å². The minimum atomic E-state index is -3.01. The molecule has 3 heteroatoms. The summed E-state index contributed by atoms with van der Waals surface area (Å²) >= 11 is -3.01. The Labute approximate surface area is 300 Å². The zero-order valence-electron chi connectivity index (χ0n) is 28.0. The molecule has 4 aromatic carbocycles. The van der Waals surface area contributed by atoms with Crippen LogP contribution in [0.3, 0.4) is 0 Å². The molecule has 4 unspecified atom stereocenters. The summed E-state index contributed by atoms with van der Waals surface area (Å²) < 4.78 is 3.49. The van der Waals surface area contributed by atoms with Gasteiger partial charge in [0.2, 0.25) is 0 Å². The number of rotatable bonds is 10. The Morgan fingerprint density at radius 1 is 0.532 bits per heavy atom. The molecule has 0 radical (unpaired) electrons. The van der Waals surface area contributed by atoms with E-state index >= 15 is 0 Å². The first kappa shape index (κ1) is 34.7. The minimum absolute atomic E-state index is 0. The van der Waals surface area contributed by atoms with E-state index in [-0.39, 0.29) is 24.8 Å². The minimum Gasteiger partial charge on any atom is -1.00 e. The number of allylic oxidation sites excluding steroid dienone is 2. The molecule has 3 aliphatic carbocycles. The third-order valence-electron chi connectivity index (χ3n) is 12.1. The molecule has 242 valence electrons. The molecule has 1 aliphatic heterocycles. The average Bonchev–Trinajstić information content (AvgIpc) is 3.37. The van der Waals surface area contributed by atoms with Gasteiger partial charge in [0.25, 0.3) is 0 Å². The number of hydrogen-bond donors (Lipinski definition) is 0. The summed E-state index contributed by atoms with van der Waals surface area (Å²) in [5, 5.41) is 0. The molecule has 4 aliphatic rings. The van der Waals surface area contributed by atoms with Gasteiger partial charge in [-0.15, -0.1) is 0 Å². The van der Waals surface area contributed by atoms with Crippen molar-refractivity contribution in [3.63, 3.8) is 0 Å². The van der Waals surface area contributed by atoms with Gasteiger partial charge < -0.3 is 24.8 Å². The average molecular weight is 739 g/mol. The van der Waals surface area contributed by atoms with Crippen LogP contribution in [0.15, 0.2) is 108 Å². The number of unbranched alkanes of at least 4 members (excludes halogenated alkanes) is 2. The van der Waals surface area contributed by atoms with Crippen molar-refractivity contribution >= 4 is 12.2 Å². The Morgan fingerprint density at radius 3 is 1.36 bits per heavy atom. The Balaban J connectivity index is 0.00000193. The SMILES string of the molecule is CCCCC1=Cc2c(-c3ccccc3)cccc2[CH]1[Zr+2]1([CH]2C(CCCC)=Cc3c(-c4ccccc4)cccc32)[CH]2CCCC[CH]21.[Cl-].[Cl-]. The molecule has 1 saturated heterocycles. The van der Waals surface area contributed by atoms with Crippen molar-refractivity contribution < 1.29 is 45.1 Å². The molecule has 1 saturated carbocycles. The molecule has 0 amide bonds. The van der Waals surface area contributed by atoms with Crippen LogP contribution in [0.5, 0.6) is 0 Å². The van der Waals surface area contributed by atoms with Crippen LogP contribution < -0.4 is 24.8 Å². The van der Waals surface area contributed by atoms with Crippen LogP contribution in [-0.2, 0) is 20.3 Å². The molecular formula is C44H48Cl2Zr. The molecule has 4 atom stereocenters. The first-order valence-electron chi connectivity index (χ1n) is 18.0. The molecule has 4 aromatic rings. The van der Waals surface area contributed by atoms with Gasteiger partial charge in [-0.05, 0) is 0 Å². The van der Waals surface area contributed by atoms with E-state index in [0.717, 1.165) is 14.5 Å². The number of hydrogen-bond acceptors (Lipinski definition) is 0. The molecule has 1 heterocycles. The molecule has 0 bridgehead atoms. The number of fused-ring (bicyclic) bond motifs is 3. The third-order valence-corrected chi connectivity index (χ3v) is 29.1. The maximum absolute atomic E-state index is 3.01. The Hall–Kier alpha value is -2.18.